The Morgan fingerprint density at radius 2 is 1.88 bits per heavy atom. The zero-order valence-corrected chi connectivity index (χ0v) is 15.0. The topological polar surface area (TPSA) is 78.5 Å². The van der Waals surface area contributed by atoms with Crippen molar-refractivity contribution in [3.63, 3.8) is 0 Å². The molecule has 0 unspecified atom stereocenters. The summed E-state index contributed by atoms with van der Waals surface area (Å²) in [6, 6.07) is 11.7. The lowest BCUT2D eigenvalue weighted by atomic mass is 10.1. The molecule has 1 aliphatic rings. The average Bonchev–Trinajstić information content (AvgIpc) is 3.03. The monoisotopic (exact) mass is 371 g/mol. The summed E-state index contributed by atoms with van der Waals surface area (Å²) in [6.07, 6.45) is 1.34. The van der Waals surface area contributed by atoms with Crippen molar-refractivity contribution in [3.8, 4) is 0 Å². The summed E-state index contributed by atoms with van der Waals surface area (Å²) in [6.45, 7) is 2.04. The number of amides is 3. The van der Waals surface area contributed by atoms with Gasteiger partial charge in [0.2, 0.25) is 11.8 Å². The summed E-state index contributed by atoms with van der Waals surface area (Å²) in [5.74, 6) is -0.546. The van der Waals surface area contributed by atoms with E-state index >= 15 is 0 Å². The van der Waals surface area contributed by atoms with Crippen molar-refractivity contribution in [1.82, 2.24) is 0 Å². The van der Waals surface area contributed by atoms with Gasteiger partial charge >= 0.3 is 0 Å². The standard InChI is InChI=1S/C19H18ClN3O3/c1-12(24)21-16-8-7-14(20)11-17(16)22-19(26)13-4-2-5-15(10-13)23-9-3-6-18(23)25/h2,4-5,7-8,10-11H,3,6,9H2,1H3,(H,21,24)(H,22,26). The molecule has 7 heteroatoms. The van der Waals surface area contributed by atoms with Gasteiger partial charge in [0.05, 0.1) is 11.4 Å². The predicted molar refractivity (Wildman–Crippen MR) is 102 cm³/mol. The van der Waals surface area contributed by atoms with Crippen LogP contribution in [0.1, 0.15) is 30.1 Å². The maximum Gasteiger partial charge on any atom is 0.255 e. The van der Waals surface area contributed by atoms with Crippen molar-refractivity contribution < 1.29 is 14.4 Å². The molecule has 0 bridgehead atoms. The van der Waals surface area contributed by atoms with Crippen LogP contribution in [-0.2, 0) is 9.59 Å². The third kappa shape index (κ3) is 4.03. The number of rotatable bonds is 4. The van der Waals surface area contributed by atoms with Crippen LogP contribution in [0.15, 0.2) is 42.5 Å². The van der Waals surface area contributed by atoms with Crippen molar-refractivity contribution in [2.24, 2.45) is 0 Å². The third-order valence-corrected chi connectivity index (χ3v) is 4.27. The number of anilines is 3. The molecule has 3 amide bonds. The molecule has 0 radical (unpaired) electrons. The van der Waals surface area contributed by atoms with Crippen molar-refractivity contribution in [1.29, 1.82) is 0 Å². The van der Waals surface area contributed by atoms with Crippen LogP contribution in [-0.4, -0.2) is 24.3 Å². The van der Waals surface area contributed by atoms with Crippen molar-refractivity contribution in [3.05, 3.63) is 53.1 Å². The molecule has 2 N–H and O–H groups in total. The Labute approximate surface area is 156 Å². The molecule has 1 saturated heterocycles. The molecule has 0 spiro atoms. The first-order chi connectivity index (χ1) is 12.4. The van der Waals surface area contributed by atoms with Gasteiger partial charge in [0.25, 0.3) is 5.91 Å². The predicted octanol–water partition coefficient (Wildman–Crippen LogP) is 3.68. The van der Waals surface area contributed by atoms with E-state index < -0.39 is 0 Å². The minimum absolute atomic E-state index is 0.0605. The third-order valence-electron chi connectivity index (χ3n) is 4.03. The van der Waals surface area contributed by atoms with Crippen LogP contribution in [0.25, 0.3) is 0 Å². The lowest BCUT2D eigenvalue weighted by molar-refractivity contribution is -0.117. The zero-order valence-electron chi connectivity index (χ0n) is 14.2. The van der Waals surface area contributed by atoms with Gasteiger partial charge in [-0.05, 0) is 42.8 Å². The van der Waals surface area contributed by atoms with Crippen LogP contribution in [0.3, 0.4) is 0 Å². The molecule has 0 saturated carbocycles. The fraction of sp³-hybridized carbons (Fsp3) is 0.211. The quantitative estimate of drug-likeness (QED) is 0.860. The molecule has 134 valence electrons. The number of hydrogen-bond donors (Lipinski definition) is 2. The fourth-order valence-electron chi connectivity index (χ4n) is 2.85. The number of hydrogen-bond acceptors (Lipinski definition) is 3. The summed E-state index contributed by atoms with van der Waals surface area (Å²) in [5.41, 5.74) is 1.98. The van der Waals surface area contributed by atoms with Gasteiger partial charge in [0.1, 0.15) is 0 Å². The van der Waals surface area contributed by atoms with Crippen molar-refractivity contribution in [2.45, 2.75) is 19.8 Å². The first-order valence-corrected chi connectivity index (χ1v) is 8.61. The lowest BCUT2D eigenvalue weighted by Crippen LogP contribution is -2.24. The Morgan fingerprint density at radius 3 is 2.58 bits per heavy atom. The highest BCUT2D eigenvalue weighted by atomic mass is 35.5. The van der Waals surface area contributed by atoms with Crippen LogP contribution >= 0.6 is 11.6 Å². The van der Waals surface area contributed by atoms with Gasteiger partial charge in [-0.15, -0.1) is 0 Å². The summed E-state index contributed by atoms with van der Waals surface area (Å²) in [7, 11) is 0. The summed E-state index contributed by atoms with van der Waals surface area (Å²) >= 11 is 6.00. The second-order valence-corrected chi connectivity index (χ2v) is 6.46. The van der Waals surface area contributed by atoms with Gasteiger partial charge in [0, 0.05) is 36.2 Å². The van der Waals surface area contributed by atoms with Gasteiger partial charge < -0.3 is 15.5 Å². The molecular formula is C19H18ClN3O3. The van der Waals surface area contributed by atoms with Crippen LogP contribution in [0.5, 0.6) is 0 Å². The van der Waals surface area contributed by atoms with E-state index in [0.717, 1.165) is 6.42 Å². The molecule has 0 aromatic heterocycles. The Bertz CT molecular complexity index is 882. The minimum atomic E-state index is -0.354. The maximum absolute atomic E-state index is 12.6. The Morgan fingerprint density at radius 1 is 1.08 bits per heavy atom. The Hall–Kier alpha value is -2.86. The van der Waals surface area contributed by atoms with Gasteiger partial charge in [-0.2, -0.15) is 0 Å². The van der Waals surface area contributed by atoms with Gasteiger partial charge in [0.15, 0.2) is 0 Å². The van der Waals surface area contributed by atoms with E-state index in [1.54, 1.807) is 41.3 Å². The van der Waals surface area contributed by atoms with E-state index in [9.17, 15) is 14.4 Å². The molecule has 0 atom stereocenters. The molecule has 26 heavy (non-hydrogen) atoms. The molecule has 1 heterocycles. The number of halogens is 1. The van der Waals surface area contributed by atoms with Gasteiger partial charge in [-0.3, -0.25) is 14.4 Å². The molecule has 1 aliphatic heterocycles. The molecule has 2 aromatic carbocycles. The highest BCUT2D eigenvalue weighted by molar-refractivity contribution is 6.31. The lowest BCUT2D eigenvalue weighted by Gasteiger charge is -2.17. The second kappa shape index (κ2) is 7.58. The number of carbonyl (C=O) groups excluding carboxylic acids is 3. The molecule has 2 aromatic rings. The first-order valence-electron chi connectivity index (χ1n) is 8.23. The van der Waals surface area contributed by atoms with E-state index in [4.69, 9.17) is 11.6 Å². The fourth-order valence-corrected chi connectivity index (χ4v) is 3.02. The Kier molecular flexibility index (Phi) is 5.23. The number of carbonyl (C=O) groups is 3. The smallest absolute Gasteiger partial charge is 0.255 e. The number of benzene rings is 2. The molecular weight excluding hydrogens is 354 g/mol. The normalized spacial score (nSPS) is 13.6. The Balaban J connectivity index is 1.83. The SMILES string of the molecule is CC(=O)Nc1ccc(Cl)cc1NC(=O)c1cccc(N2CCCC2=O)c1. The van der Waals surface area contributed by atoms with Crippen LogP contribution in [0.2, 0.25) is 5.02 Å². The van der Waals surface area contributed by atoms with Gasteiger partial charge in [-0.1, -0.05) is 17.7 Å². The van der Waals surface area contributed by atoms with E-state index in [2.05, 4.69) is 10.6 Å². The second-order valence-electron chi connectivity index (χ2n) is 6.02. The number of nitrogens with one attached hydrogen (secondary N) is 2. The highest BCUT2D eigenvalue weighted by Crippen LogP contribution is 2.27. The average molecular weight is 372 g/mol. The van der Waals surface area contributed by atoms with E-state index in [1.165, 1.54) is 6.92 Å². The van der Waals surface area contributed by atoms with E-state index in [1.807, 2.05) is 6.07 Å². The molecule has 6 nitrogen and oxygen atoms in total. The van der Waals surface area contributed by atoms with Crippen LogP contribution in [0.4, 0.5) is 17.1 Å². The van der Waals surface area contributed by atoms with Crippen LogP contribution < -0.4 is 15.5 Å². The minimum Gasteiger partial charge on any atom is -0.325 e. The number of nitrogens with zero attached hydrogens (tertiary/aromatic N) is 1. The van der Waals surface area contributed by atoms with E-state index in [-0.39, 0.29) is 17.7 Å². The first kappa shape index (κ1) is 17.9. The highest BCUT2D eigenvalue weighted by Gasteiger charge is 2.22. The largest absolute Gasteiger partial charge is 0.325 e. The van der Waals surface area contributed by atoms with E-state index in [0.29, 0.717) is 40.6 Å². The van der Waals surface area contributed by atoms with Gasteiger partial charge in [-0.25, -0.2) is 0 Å². The molecule has 0 aliphatic carbocycles. The molecule has 3 rings (SSSR count). The van der Waals surface area contributed by atoms with Crippen molar-refractivity contribution >= 4 is 46.4 Å². The summed E-state index contributed by atoms with van der Waals surface area (Å²) in [5, 5.41) is 5.85. The summed E-state index contributed by atoms with van der Waals surface area (Å²) in [4.78, 5) is 37.6. The van der Waals surface area contributed by atoms with Crippen LogP contribution in [0, 0.1) is 0 Å². The summed E-state index contributed by atoms with van der Waals surface area (Å²) < 4.78 is 0. The zero-order chi connectivity index (χ0) is 18.7. The maximum atomic E-state index is 12.6. The van der Waals surface area contributed by atoms with Crippen molar-refractivity contribution in [2.75, 3.05) is 22.1 Å². The molecule has 1 fully saturated rings.